The van der Waals surface area contributed by atoms with E-state index in [1.165, 1.54) is 0 Å². The smallest absolute Gasteiger partial charge is 0.309 e. The maximum Gasteiger partial charge on any atom is 0.309 e. The van der Waals surface area contributed by atoms with Crippen LogP contribution in [0.1, 0.15) is 12.8 Å². The van der Waals surface area contributed by atoms with Gasteiger partial charge in [0.25, 0.3) is 0 Å². The second-order valence-electron chi connectivity index (χ2n) is 4.11. The molecule has 0 amide bonds. The number of hydrogen-bond donors (Lipinski definition) is 1. The van der Waals surface area contributed by atoms with Crippen molar-refractivity contribution in [1.29, 1.82) is 0 Å². The number of esters is 1. The van der Waals surface area contributed by atoms with Gasteiger partial charge in [-0.15, -0.1) is 0 Å². The van der Waals surface area contributed by atoms with Gasteiger partial charge >= 0.3 is 5.97 Å². The Labute approximate surface area is 106 Å². The highest BCUT2D eigenvalue weighted by molar-refractivity contribution is 5.69. The number of carbonyl (C=O) groups excluding carboxylic acids is 1. The summed E-state index contributed by atoms with van der Waals surface area (Å²) in [4.78, 5) is 11.5. The third-order valence-corrected chi connectivity index (χ3v) is 2.67. The molecule has 1 atom stereocenters. The van der Waals surface area contributed by atoms with Gasteiger partial charge in [0.2, 0.25) is 0 Å². The number of benzene rings is 1. The van der Waals surface area contributed by atoms with Crippen molar-refractivity contribution in [2.75, 3.05) is 25.6 Å². The van der Waals surface area contributed by atoms with Crippen LogP contribution in [0, 0.1) is 0 Å². The minimum absolute atomic E-state index is 0.0979. The fourth-order valence-corrected chi connectivity index (χ4v) is 1.71. The summed E-state index contributed by atoms with van der Waals surface area (Å²) in [6, 6.07) is 7.19. The van der Waals surface area contributed by atoms with Gasteiger partial charge in [0.15, 0.2) is 0 Å². The lowest BCUT2D eigenvalue weighted by Crippen LogP contribution is -2.19. The van der Waals surface area contributed by atoms with E-state index < -0.39 is 0 Å². The van der Waals surface area contributed by atoms with E-state index in [0.29, 0.717) is 24.7 Å². The molecule has 2 rings (SSSR count). The SMILES string of the molecule is Nc1ccccc1OCCC(=O)OC1CCOC1. The van der Waals surface area contributed by atoms with Gasteiger partial charge in [-0.2, -0.15) is 0 Å². The van der Waals surface area contributed by atoms with E-state index in [1.54, 1.807) is 12.1 Å². The molecule has 1 aliphatic rings. The minimum atomic E-state index is -0.264. The number of para-hydroxylation sites is 2. The molecule has 1 aliphatic heterocycles. The fourth-order valence-electron chi connectivity index (χ4n) is 1.71. The van der Waals surface area contributed by atoms with Crippen LogP contribution in [-0.2, 0) is 14.3 Å². The van der Waals surface area contributed by atoms with Crippen molar-refractivity contribution in [2.24, 2.45) is 0 Å². The molecule has 18 heavy (non-hydrogen) atoms. The maximum atomic E-state index is 11.5. The van der Waals surface area contributed by atoms with E-state index in [9.17, 15) is 4.79 Å². The Kier molecular flexibility index (Phi) is 4.41. The first-order valence-corrected chi connectivity index (χ1v) is 6.00. The van der Waals surface area contributed by atoms with Gasteiger partial charge in [0.05, 0.1) is 31.9 Å². The predicted octanol–water partition coefficient (Wildman–Crippen LogP) is 1.37. The first-order chi connectivity index (χ1) is 8.75. The van der Waals surface area contributed by atoms with Crippen molar-refractivity contribution in [1.82, 2.24) is 0 Å². The Balaban J connectivity index is 1.68. The van der Waals surface area contributed by atoms with Gasteiger partial charge in [-0.1, -0.05) is 12.1 Å². The van der Waals surface area contributed by atoms with Gasteiger partial charge in [-0.3, -0.25) is 4.79 Å². The van der Waals surface area contributed by atoms with Crippen LogP contribution in [0.3, 0.4) is 0 Å². The molecule has 0 aliphatic carbocycles. The molecule has 1 aromatic carbocycles. The minimum Gasteiger partial charge on any atom is -0.491 e. The highest BCUT2D eigenvalue weighted by atomic mass is 16.6. The second kappa shape index (κ2) is 6.26. The van der Waals surface area contributed by atoms with Crippen molar-refractivity contribution >= 4 is 11.7 Å². The maximum absolute atomic E-state index is 11.5. The summed E-state index contributed by atoms with van der Waals surface area (Å²) in [7, 11) is 0. The van der Waals surface area contributed by atoms with Crippen molar-refractivity contribution < 1.29 is 19.0 Å². The monoisotopic (exact) mass is 251 g/mol. The number of ether oxygens (including phenoxy) is 3. The molecular formula is C13H17NO4. The van der Waals surface area contributed by atoms with E-state index in [0.717, 1.165) is 6.42 Å². The topological polar surface area (TPSA) is 70.8 Å². The Morgan fingerprint density at radius 1 is 1.44 bits per heavy atom. The molecule has 0 aromatic heterocycles. The molecule has 0 saturated carbocycles. The quantitative estimate of drug-likeness (QED) is 0.632. The number of nitrogens with two attached hydrogens (primary N) is 1. The third kappa shape index (κ3) is 3.63. The summed E-state index contributed by atoms with van der Waals surface area (Å²) in [6.45, 7) is 1.42. The molecule has 5 heteroatoms. The Morgan fingerprint density at radius 3 is 3.00 bits per heavy atom. The zero-order chi connectivity index (χ0) is 12.8. The van der Waals surface area contributed by atoms with Crippen LogP contribution >= 0.6 is 0 Å². The van der Waals surface area contributed by atoms with E-state index in [1.807, 2.05) is 12.1 Å². The van der Waals surface area contributed by atoms with Gasteiger partial charge in [0.1, 0.15) is 11.9 Å². The van der Waals surface area contributed by atoms with Crippen LogP contribution in [0.15, 0.2) is 24.3 Å². The van der Waals surface area contributed by atoms with Gasteiger partial charge in [-0.25, -0.2) is 0 Å². The largest absolute Gasteiger partial charge is 0.491 e. The van der Waals surface area contributed by atoms with Crippen molar-refractivity contribution in [2.45, 2.75) is 18.9 Å². The standard InChI is InChI=1S/C13H17NO4/c14-11-3-1-2-4-12(11)17-8-6-13(15)18-10-5-7-16-9-10/h1-4,10H,5-9,14H2. The molecule has 1 aromatic rings. The van der Waals surface area contributed by atoms with Crippen molar-refractivity contribution in [3.05, 3.63) is 24.3 Å². The summed E-state index contributed by atoms with van der Waals surface area (Å²) in [5.41, 5.74) is 6.28. The number of hydrogen-bond acceptors (Lipinski definition) is 5. The van der Waals surface area contributed by atoms with Gasteiger partial charge in [-0.05, 0) is 12.1 Å². The molecule has 1 heterocycles. The summed E-state index contributed by atoms with van der Waals surface area (Å²) >= 11 is 0. The Bertz CT molecular complexity index is 402. The number of carbonyl (C=O) groups is 1. The van der Waals surface area contributed by atoms with Crippen LogP contribution in [0.5, 0.6) is 5.75 Å². The average molecular weight is 251 g/mol. The molecule has 1 fully saturated rings. The molecule has 1 unspecified atom stereocenters. The van der Waals surface area contributed by atoms with E-state index in [-0.39, 0.29) is 25.1 Å². The predicted molar refractivity (Wildman–Crippen MR) is 66.3 cm³/mol. The first kappa shape index (κ1) is 12.7. The molecule has 0 spiro atoms. The lowest BCUT2D eigenvalue weighted by Gasteiger charge is -2.11. The number of anilines is 1. The second-order valence-corrected chi connectivity index (χ2v) is 4.11. The average Bonchev–Trinajstić information content (AvgIpc) is 2.84. The van der Waals surface area contributed by atoms with Crippen LogP contribution in [-0.4, -0.2) is 31.9 Å². The van der Waals surface area contributed by atoms with Crippen LogP contribution in [0.25, 0.3) is 0 Å². The van der Waals surface area contributed by atoms with E-state index in [4.69, 9.17) is 19.9 Å². The molecule has 98 valence electrons. The summed E-state index contributed by atoms with van der Waals surface area (Å²) in [6.07, 6.45) is 0.891. The Hall–Kier alpha value is -1.75. The van der Waals surface area contributed by atoms with Crippen molar-refractivity contribution in [3.8, 4) is 5.75 Å². The summed E-state index contributed by atoms with van der Waals surface area (Å²) < 4.78 is 15.7. The first-order valence-electron chi connectivity index (χ1n) is 6.00. The van der Waals surface area contributed by atoms with Crippen LogP contribution in [0.4, 0.5) is 5.69 Å². The molecule has 0 bridgehead atoms. The van der Waals surface area contributed by atoms with Gasteiger partial charge in [0, 0.05) is 6.42 Å². The Morgan fingerprint density at radius 2 is 2.28 bits per heavy atom. The van der Waals surface area contributed by atoms with Crippen molar-refractivity contribution in [3.63, 3.8) is 0 Å². The zero-order valence-electron chi connectivity index (χ0n) is 10.1. The normalized spacial score (nSPS) is 18.6. The third-order valence-electron chi connectivity index (χ3n) is 2.67. The highest BCUT2D eigenvalue weighted by Gasteiger charge is 2.19. The highest BCUT2D eigenvalue weighted by Crippen LogP contribution is 2.19. The van der Waals surface area contributed by atoms with Crippen LogP contribution in [0.2, 0.25) is 0 Å². The van der Waals surface area contributed by atoms with E-state index in [2.05, 4.69) is 0 Å². The molecule has 1 saturated heterocycles. The summed E-state index contributed by atoms with van der Waals surface area (Å²) in [5.74, 6) is 0.328. The van der Waals surface area contributed by atoms with Gasteiger partial charge < -0.3 is 19.9 Å². The molecule has 0 radical (unpaired) electrons. The lowest BCUT2D eigenvalue weighted by molar-refractivity contribution is -0.149. The number of rotatable bonds is 5. The zero-order valence-corrected chi connectivity index (χ0v) is 10.1. The van der Waals surface area contributed by atoms with Crippen LogP contribution < -0.4 is 10.5 Å². The molecular weight excluding hydrogens is 234 g/mol. The van der Waals surface area contributed by atoms with E-state index >= 15 is 0 Å². The summed E-state index contributed by atoms with van der Waals surface area (Å²) in [5, 5.41) is 0. The molecule has 2 N–H and O–H groups in total. The fraction of sp³-hybridized carbons (Fsp3) is 0.462. The lowest BCUT2D eigenvalue weighted by atomic mass is 10.3. The molecule has 5 nitrogen and oxygen atoms in total. The number of nitrogen functional groups attached to an aromatic ring is 1.